The van der Waals surface area contributed by atoms with E-state index in [4.69, 9.17) is 0 Å². The number of amides is 1. The van der Waals surface area contributed by atoms with Gasteiger partial charge in [-0.05, 0) is 63.1 Å². The minimum absolute atomic E-state index is 0. The lowest BCUT2D eigenvalue weighted by molar-refractivity contribution is -0.121. The quantitative estimate of drug-likeness (QED) is 0.676. The van der Waals surface area contributed by atoms with Crippen LogP contribution in [0.3, 0.4) is 0 Å². The molecule has 0 radical (unpaired) electrons. The van der Waals surface area contributed by atoms with Crippen LogP contribution in [0.5, 0.6) is 0 Å². The second-order valence-electron chi connectivity index (χ2n) is 4.80. The van der Waals surface area contributed by atoms with Crippen molar-refractivity contribution in [3.05, 3.63) is 0 Å². The Morgan fingerprint density at radius 2 is 2.28 bits per heavy atom. The molecule has 0 spiro atoms. The number of nitrogens with one attached hydrogen (secondary N) is 2. The maximum absolute atomic E-state index is 11.5. The number of unbranched alkanes of at least 4 members (excludes halogenated alkanes) is 1. The van der Waals surface area contributed by atoms with Crippen molar-refractivity contribution in [2.45, 2.75) is 38.5 Å². The van der Waals surface area contributed by atoms with Crippen molar-refractivity contribution in [2.24, 2.45) is 5.92 Å². The highest BCUT2D eigenvalue weighted by molar-refractivity contribution is 7.98. The molecule has 1 unspecified atom stereocenters. The molecular weight excluding hydrogens is 268 g/mol. The van der Waals surface area contributed by atoms with E-state index in [1.165, 1.54) is 18.6 Å². The average molecular weight is 295 g/mol. The lowest BCUT2D eigenvalue weighted by atomic mass is 9.96. The number of piperidine rings is 1. The molecule has 1 amide bonds. The second kappa shape index (κ2) is 12.1. The zero-order valence-corrected chi connectivity index (χ0v) is 13.0. The normalized spacial score (nSPS) is 19.1. The van der Waals surface area contributed by atoms with Crippen LogP contribution in [-0.4, -0.2) is 37.6 Å². The maximum Gasteiger partial charge on any atom is 0.219 e. The van der Waals surface area contributed by atoms with E-state index in [0.29, 0.717) is 6.42 Å². The summed E-state index contributed by atoms with van der Waals surface area (Å²) >= 11 is 1.85. The third-order valence-electron chi connectivity index (χ3n) is 3.28. The van der Waals surface area contributed by atoms with Gasteiger partial charge in [0.2, 0.25) is 5.91 Å². The molecule has 1 aliphatic heterocycles. The van der Waals surface area contributed by atoms with Crippen molar-refractivity contribution < 1.29 is 4.79 Å². The Labute approximate surface area is 122 Å². The maximum atomic E-state index is 11.5. The molecular formula is C13H27ClN2OS. The van der Waals surface area contributed by atoms with Crippen molar-refractivity contribution in [3.63, 3.8) is 0 Å². The van der Waals surface area contributed by atoms with E-state index >= 15 is 0 Å². The molecule has 3 nitrogen and oxygen atoms in total. The lowest BCUT2D eigenvalue weighted by Gasteiger charge is -2.22. The number of hydrogen-bond donors (Lipinski definition) is 2. The monoisotopic (exact) mass is 294 g/mol. The first kappa shape index (κ1) is 18.1. The molecule has 18 heavy (non-hydrogen) atoms. The predicted octanol–water partition coefficient (Wildman–Crippen LogP) is 2.45. The fourth-order valence-corrected chi connectivity index (χ4v) is 2.70. The molecule has 2 N–H and O–H groups in total. The predicted molar refractivity (Wildman–Crippen MR) is 82.7 cm³/mol. The first-order valence-electron chi connectivity index (χ1n) is 6.79. The molecule has 0 bridgehead atoms. The molecule has 0 aromatic rings. The molecule has 0 saturated carbocycles. The van der Waals surface area contributed by atoms with E-state index in [1.807, 2.05) is 11.8 Å². The van der Waals surface area contributed by atoms with Crippen LogP contribution in [0.2, 0.25) is 0 Å². The van der Waals surface area contributed by atoms with E-state index in [0.717, 1.165) is 44.8 Å². The van der Waals surface area contributed by atoms with Gasteiger partial charge in [-0.1, -0.05) is 0 Å². The Morgan fingerprint density at radius 3 is 2.94 bits per heavy atom. The third kappa shape index (κ3) is 9.06. The number of hydrogen-bond acceptors (Lipinski definition) is 3. The number of thioether (sulfide) groups is 1. The van der Waals surface area contributed by atoms with Crippen LogP contribution in [0.15, 0.2) is 0 Å². The Bertz CT molecular complexity index is 211. The number of rotatable bonds is 8. The summed E-state index contributed by atoms with van der Waals surface area (Å²) in [5, 5.41) is 6.44. The molecule has 108 valence electrons. The van der Waals surface area contributed by atoms with Crippen molar-refractivity contribution in [2.75, 3.05) is 31.6 Å². The number of carbonyl (C=O) groups excluding carboxylic acids is 1. The van der Waals surface area contributed by atoms with Gasteiger partial charge < -0.3 is 10.6 Å². The van der Waals surface area contributed by atoms with Crippen LogP contribution >= 0.6 is 24.2 Å². The van der Waals surface area contributed by atoms with Crippen LogP contribution in [-0.2, 0) is 4.79 Å². The van der Waals surface area contributed by atoms with Crippen molar-refractivity contribution >= 4 is 30.1 Å². The van der Waals surface area contributed by atoms with Crippen molar-refractivity contribution in [3.8, 4) is 0 Å². The Kier molecular flexibility index (Phi) is 12.2. The van der Waals surface area contributed by atoms with Crippen LogP contribution in [0, 0.1) is 5.92 Å². The van der Waals surface area contributed by atoms with Crippen molar-refractivity contribution in [1.82, 2.24) is 10.6 Å². The molecule has 0 aromatic heterocycles. The highest BCUT2D eigenvalue weighted by Crippen LogP contribution is 2.12. The zero-order chi connectivity index (χ0) is 12.3. The molecule has 1 saturated heterocycles. The van der Waals surface area contributed by atoms with Gasteiger partial charge in [-0.15, -0.1) is 12.4 Å². The first-order chi connectivity index (χ1) is 8.33. The lowest BCUT2D eigenvalue weighted by Crippen LogP contribution is -2.33. The Morgan fingerprint density at radius 1 is 1.44 bits per heavy atom. The minimum atomic E-state index is 0. The van der Waals surface area contributed by atoms with E-state index in [-0.39, 0.29) is 18.3 Å². The van der Waals surface area contributed by atoms with E-state index in [9.17, 15) is 4.79 Å². The van der Waals surface area contributed by atoms with E-state index < -0.39 is 0 Å². The van der Waals surface area contributed by atoms with Gasteiger partial charge >= 0.3 is 0 Å². The van der Waals surface area contributed by atoms with Crippen LogP contribution < -0.4 is 10.6 Å². The van der Waals surface area contributed by atoms with Gasteiger partial charge in [-0.2, -0.15) is 11.8 Å². The topological polar surface area (TPSA) is 41.1 Å². The molecule has 0 aliphatic carbocycles. The molecule has 0 aromatic carbocycles. The Hall–Kier alpha value is 0.0700. The van der Waals surface area contributed by atoms with Gasteiger partial charge in [-0.3, -0.25) is 4.79 Å². The molecule has 5 heteroatoms. The van der Waals surface area contributed by atoms with Gasteiger partial charge in [0.1, 0.15) is 0 Å². The van der Waals surface area contributed by atoms with Crippen LogP contribution in [0.25, 0.3) is 0 Å². The van der Waals surface area contributed by atoms with Gasteiger partial charge in [0.05, 0.1) is 0 Å². The summed E-state index contributed by atoms with van der Waals surface area (Å²) in [7, 11) is 0. The van der Waals surface area contributed by atoms with Crippen molar-refractivity contribution in [1.29, 1.82) is 0 Å². The molecule has 1 heterocycles. The molecule has 1 fully saturated rings. The van der Waals surface area contributed by atoms with Gasteiger partial charge in [0.25, 0.3) is 0 Å². The smallest absolute Gasteiger partial charge is 0.219 e. The summed E-state index contributed by atoms with van der Waals surface area (Å²) in [6, 6.07) is 0. The SMILES string of the molecule is CSCCCCC(=O)NCCC1CCCNC1.Cl. The number of carbonyl (C=O) groups is 1. The molecule has 1 aliphatic rings. The highest BCUT2D eigenvalue weighted by atomic mass is 35.5. The van der Waals surface area contributed by atoms with Gasteiger partial charge in [0, 0.05) is 13.0 Å². The molecule has 1 rings (SSSR count). The van der Waals surface area contributed by atoms with E-state index in [2.05, 4.69) is 16.9 Å². The van der Waals surface area contributed by atoms with Gasteiger partial charge in [-0.25, -0.2) is 0 Å². The fraction of sp³-hybridized carbons (Fsp3) is 0.923. The van der Waals surface area contributed by atoms with Gasteiger partial charge in [0.15, 0.2) is 0 Å². The minimum Gasteiger partial charge on any atom is -0.356 e. The standard InChI is InChI=1S/C13H26N2OS.ClH/c1-17-10-3-2-6-13(16)15-9-7-12-5-4-8-14-11-12;/h12,14H,2-11H2,1H3,(H,15,16);1H. The number of halogens is 1. The van der Waals surface area contributed by atoms with Crippen LogP contribution in [0.1, 0.15) is 38.5 Å². The molecule has 1 atom stereocenters. The summed E-state index contributed by atoms with van der Waals surface area (Å²) in [5.74, 6) is 2.16. The summed E-state index contributed by atoms with van der Waals surface area (Å²) in [6.45, 7) is 3.15. The summed E-state index contributed by atoms with van der Waals surface area (Å²) in [4.78, 5) is 11.5. The third-order valence-corrected chi connectivity index (χ3v) is 3.97. The largest absolute Gasteiger partial charge is 0.356 e. The first-order valence-corrected chi connectivity index (χ1v) is 8.18. The zero-order valence-electron chi connectivity index (χ0n) is 11.4. The van der Waals surface area contributed by atoms with E-state index in [1.54, 1.807) is 0 Å². The van der Waals surface area contributed by atoms with Crippen LogP contribution in [0.4, 0.5) is 0 Å². The summed E-state index contributed by atoms with van der Waals surface area (Å²) < 4.78 is 0. The summed E-state index contributed by atoms with van der Waals surface area (Å²) in [6.07, 6.45) is 8.72. The second-order valence-corrected chi connectivity index (χ2v) is 5.79. The Balaban J connectivity index is 0.00000289. The highest BCUT2D eigenvalue weighted by Gasteiger charge is 2.12. The fourth-order valence-electron chi connectivity index (χ4n) is 2.21. The average Bonchev–Trinajstić information content (AvgIpc) is 2.36. The summed E-state index contributed by atoms with van der Waals surface area (Å²) in [5.41, 5.74) is 0.